The van der Waals surface area contributed by atoms with E-state index in [0.29, 0.717) is 0 Å². The fourth-order valence-electron chi connectivity index (χ4n) is 0.906. The zero-order chi connectivity index (χ0) is 8.69. The first-order chi connectivity index (χ1) is 5.26. The summed E-state index contributed by atoms with van der Waals surface area (Å²) >= 11 is 0. The Kier molecular flexibility index (Phi) is 5.63. The monoisotopic (exact) mass is 153 g/mol. The van der Waals surface area contributed by atoms with E-state index in [1.165, 1.54) is 18.5 Å². The molecule has 64 valence electrons. The summed E-state index contributed by atoms with van der Waals surface area (Å²) in [4.78, 5) is 2.18. The second kappa shape index (κ2) is 6.02. The lowest BCUT2D eigenvalue weighted by atomic mass is 10.3. The molecule has 0 aromatic carbocycles. The molecule has 0 spiro atoms. The van der Waals surface area contributed by atoms with Crippen LogP contribution in [0.25, 0.3) is 0 Å². The van der Waals surface area contributed by atoms with Crippen molar-refractivity contribution in [1.82, 2.24) is 4.90 Å². The van der Waals surface area contributed by atoms with Gasteiger partial charge in [-0.3, -0.25) is 0 Å². The van der Waals surface area contributed by atoms with Gasteiger partial charge in [0, 0.05) is 12.2 Å². The van der Waals surface area contributed by atoms with Crippen molar-refractivity contribution in [3.63, 3.8) is 0 Å². The molecule has 0 saturated heterocycles. The van der Waals surface area contributed by atoms with Crippen molar-refractivity contribution >= 4 is 0 Å². The van der Waals surface area contributed by atoms with Gasteiger partial charge >= 0.3 is 0 Å². The fourth-order valence-corrected chi connectivity index (χ4v) is 0.906. The second-order valence-corrected chi connectivity index (χ2v) is 2.66. The van der Waals surface area contributed by atoms with Crippen LogP contribution in [0.1, 0.15) is 33.6 Å². The molecule has 0 saturated carbocycles. The number of hydrogen-bond acceptors (Lipinski definition) is 1. The molecule has 0 aliphatic heterocycles. The smallest absolute Gasteiger partial charge is 0.0221 e. The molecule has 0 heterocycles. The van der Waals surface area contributed by atoms with Crippen molar-refractivity contribution in [2.75, 3.05) is 6.54 Å². The summed E-state index contributed by atoms with van der Waals surface area (Å²) < 4.78 is 0. The predicted molar refractivity (Wildman–Crippen MR) is 51.2 cm³/mol. The molecule has 0 aromatic heterocycles. The van der Waals surface area contributed by atoms with Crippen LogP contribution in [0.5, 0.6) is 0 Å². The average Bonchev–Trinajstić information content (AvgIpc) is 2.05. The van der Waals surface area contributed by atoms with Gasteiger partial charge in [0.2, 0.25) is 0 Å². The lowest BCUT2D eigenvalue weighted by Gasteiger charge is -2.19. The molecule has 0 aliphatic carbocycles. The van der Waals surface area contributed by atoms with Crippen molar-refractivity contribution in [3.8, 4) is 0 Å². The summed E-state index contributed by atoms with van der Waals surface area (Å²) in [6, 6.07) is 0. The number of nitrogens with zero attached hydrogens (tertiary/aromatic N) is 1. The summed E-state index contributed by atoms with van der Waals surface area (Å²) in [7, 11) is 0. The van der Waals surface area contributed by atoms with Crippen molar-refractivity contribution in [3.05, 3.63) is 24.6 Å². The molecule has 0 bridgehead atoms. The van der Waals surface area contributed by atoms with Gasteiger partial charge in [0.15, 0.2) is 0 Å². The average molecular weight is 153 g/mol. The van der Waals surface area contributed by atoms with Crippen LogP contribution in [0, 0.1) is 0 Å². The van der Waals surface area contributed by atoms with Gasteiger partial charge in [0.1, 0.15) is 0 Å². The van der Waals surface area contributed by atoms with Crippen molar-refractivity contribution in [1.29, 1.82) is 0 Å². The standard InChI is InChI=1S/C10H19N/c1-5-8-9-11(7-3)10(4)6-2/h6-7H,3,5,8-9H2,1-2,4H3/b10-6+. The number of allylic oxidation sites excluding steroid dienone is 2. The van der Waals surface area contributed by atoms with E-state index in [0.717, 1.165) is 6.54 Å². The Balaban J connectivity index is 3.85. The molecule has 0 atom stereocenters. The van der Waals surface area contributed by atoms with Gasteiger partial charge in [-0.15, -0.1) is 0 Å². The molecular weight excluding hydrogens is 134 g/mol. The van der Waals surface area contributed by atoms with E-state index in [-0.39, 0.29) is 0 Å². The third-order valence-electron chi connectivity index (χ3n) is 1.84. The molecule has 0 aliphatic rings. The molecule has 0 unspecified atom stereocenters. The summed E-state index contributed by atoms with van der Waals surface area (Å²) in [6.45, 7) is 11.2. The zero-order valence-electron chi connectivity index (χ0n) is 7.93. The number of rotatable bonds is 5. The van der Waals surface area contributed by atoms with Crippen LogP contribution < -0.4 is 0 Å². The maximum atomic E-state index is 3.77. The molecule has 1 nitrogen and oxygen atoms in total. The number of hydrogen-bond donors (Lipinski definition) is 0. The third-order valence-corrected chi connectivity index (χ3v) is 1.84. The minimum Gasteiger partial charge on any atom is -0.353 e. The molecule has 0 aromatic rings. The van der Waals surface area contributed by atoms with Crippen LogP contribution in [0.15, 0.2) is 24.6 Å². The van der Waals surface area contributed by atoms with E-state index in [1.807, 2.05) is 6.20 Å². The first-order valence-corrected chi connectivity index (χ1v) is 4.28. The van der Waals surface area contributed by atoms with Gasteiger partial charge in [-0.1, -0.05) is 26.0 Å². The number of unbranched alkanes of at least 4 members (excludes halogenated alkanes) is 1. The SMILES string of the molecule is C=CN(CCCC)/C(C)=C/C. The topological polar surface area (TPSA) is 3.24 Å². The van der Waals surface area contributed by atoms with Crippen molar-refractivity contribution < 1.29 is 0 Å². The van der Waals surface area contributed by atoms with Gasteiger partial charge in [0.25, 0.3) is 0 Å². The highest BCUT2D eigenvalue weighted by molar-refractivity contribution is 4.99. The zero-order valence-corrected chi connectivity index (χ0v) is 7.93. The van der Waals surface area contributed by atoms with E-state index in [4.69, 9.17) is 0 Å². The Bertz CT molecular complexity index is 136. The van der Waals surface area contributed by atoms with Gasteiger partial charge in [-0.25, -0.2) is 0 Å². The molecule has 1 heteroatoms. The van der Waals surface area contributed by atoms with Crippen molar-refractivity contribution in [2.45, 2.75) is 33.6 Å². The Morgan fingerprint density at radius 2 is 2.18 bits per heavy atom. The Morgan fingerprint density at radius 3 is 2.55 bits per heavy atom. The summed E-state index contributed by atoms with van der Waals surface area (Å²) in [5.74, 6) is 0. The maximum Gasteiger partial charge on any atom is 0.0221 e. The minimum absolute atomic E-state index is 1.09. The second-order valence-electron chi connectivity index (χ2n) is 2.66. The highest BCUT2D eigenvalue weighted by Gasteiger charge is 1.97. The quantitative estimate of drug-likeness (QED) is 0.586. The van der Waals surface area contributed by atoms with E-state index in [2.05, 4.69) is 38.3 Å². The molecule has 0 fully saturated rings. The van der Waals surface area contributed by atoms with Crippen LogP contribution >= 0.6 is 0 Å². The Morgan fingerprint density at radius 1 is 1.55 bits per heavy atom. The first kappa shape index (κ1) is 10.3. The van der Waals surface area contributed by atoms with Crippen LogP contribution in [0.3, 0.4) is 0 Å². The molecule has 0 amide bonds. The van der Waals surface area contributed by atoms with Gasteiger partial charge in [-0.2, -0.15) is 0 Å². The van der Waals surface area contributed by atoms with E-state index < -0.39 is 0 Å². The van der Waals surface area contributed by atoms with E-state index in [1.54, 1.807) is 0 Å². The Hall–Kier alpha value is -0.720. The van der Waals surface area contributed by atoms with E-state index in [9.17, 15) is 0 Å². The fraction of sp³-hybridized carbons (Fsp3) is 0.600. The molecule has 0 radical (unpaired) electrons. The Labute approximate surface area is 70.4 Å². The molecule has 0 N–H and O–H groups in total. The molecule has 11 heavy (non-hydrogen) atoms. The summed E-state index contributed by atoms with van der Waals surface area (Å²) in [5, 5.41) is 0. The van der Waals surface area contributed by atoms with Gasteiger partial charge in [-0.05, 0) is 26.5 Å². The van der Waals surface area contributed by atoms with Crippen LogP contribution in [-0.4, -0.2) is 11.4 Å². The highest BCUT2D eigenvalue weighted by Crippen LogP contribution is 2.04. The lowest BCUT2D eigenvalue weighted by Crippen LogP contribution is -2.15. The highest BCUT2D eigenvalue weighted by atomic mass is 15.1. The molecule has 0 rings (SSSR count). The predicted octanol–water partition coefficient (Wildman–Crippen LogP) is 3.16. The summed E-state index contributed by atoms with van der Waals surface area (Å²) in [6.07, 6.45) is 6.47. The first-order valence-electron chi connectivity index (χ1n) is 4.28. The van der Waals surface area contributed by atoms with Crippen LogP contribution in [0.4, 0.5) is 0 Å². The minimum atomic E-state index is 1.09. The van der Waals surface area contributed by atoms with Crippen LogP contribution in [0.2, 0.25) is 0 Å². The maximum absolute atomic E-state index is 3.77. The van der Waals surface area contributed by atoms with Crippen molar-refractivity contribution in [2.24, 2.45) is 0 Å². The normalized spacial score (nSPS) is 11.4. The lowest BCUT2D eigenvalue weighted by molar-refractivity contribution is 0.450. The van der Waals surface area contributed by atoms with Gasteiger partial charge < -0.3 is 4.90 Å². The van der Waals surface area contributed by atoms with E-state index >= 15 is 0 Å². The molecular formula is C10H19N. The largest absolute Gasteiger partial charge is 0.353 e. The van der Waals surface area contributed by atoms with Gasteiger partial charge in [0.05, 0.1) is 0 Å². The summed E-state index contributed by atoms with van der Waals surface area (Å²) in [5.41, 5.74) is 1.29. The van der Waals surface area contributed by atoms with Crippen LogP contribution in [-0.2, 0) is 0 Å². The third kappa shape index (κ3) is 3.87.